The van der Waals surface area contributed by atoms with Gasteiger partial charge in [0, 0.05) is 30.7 Å². The van der Waals surface area contributed by atoms with E-state index < -0.39 is 0 Å². The zero-order valence-corrected chi connectivity index (χ0v) is 15.8. The first-order valence-electron chi connectivity index (χ1n) is 8.39. The molecule has 1 N–H and O–H groups in total. The van der Waals surface area contributed by atoms with Crippen LogP contribution in [0.3, 0.4) is 0 Å². The van der Waals surface area contributed by atoms with E-state index in [-0.39, 0.29) is 18.0 Å². The molecule has 1 aliphatic rings. The Kier molecular flexibility index (Phi) is 6.35. The number of carbonyl (C=O) groups excluding carboxylic acids is 1. The summed E-state index contributed by atoms with van der Waals surface area (Å²) in [5.74, 6) is 1.32. The van der Waals surface area contributed by atoms with Crippen molar-refractivity contribution in [2.24, 2.45) is 5.92 Å². The number of nitrogens with zero attached hydrogens (tertiary/aromatic N) is 1. The Morgan fingerprint density at radius 3 is 2.75 bits per heavy atom. The molecule has 1 amide bonds. The molecule has 0 radical (unpaired) electrons. The summed E-state index contributed by atoms with van der Waals surface area (Å²) >= 11 is 6.36. The molecule has 1 aliphatic heterocycles. The number of rotatable bonds is 5. The highest BCUT2D eigenvalue weighted by Crippen LogP contribution is 2.37. The third-order valence-electron chi connectivity index (χ3n) is 4.33. The normalized spacial score (nSPS) is 21.0. The lowest BCUT2D eigenvalue weighted by atomic mass is 10.0. The number of hydrogen-bond acceptors (Lipinski definition) is 4. The van der Waals surface area contributed by atoms with Crippen LogP contribution in [-0.2, 0) is 0 Å². The van der Waals surface area contributed by atoms with Crippen molar-refractivity contribution < 1.29 is 14.3 Å². The molecule has 134 valence electrons. The molecule has 24 heavy (non-hydrogen) atoms. The average Bonchev–Trinajstić information content (AvgIpc) is 2.54. The first kappa shape index (κ1) is 18.9. The molecule has 5 nitrogen and oxygen atoms in total. The smallest absolute Gasteiger partial charge is 0.254 e. The number of ether oxygens (including phenoxy) is 2. The molecule has 1 heterocycles. The first-order chi connectivity index (χ1) is 11.3. The lowest BCUT2D eigenvalue weighted by Crippen LogP contribution is -2.57. The molecule has 0 saturated carbocycles. The largest absolute Gasteiger partial charge is 0.493 e. The van der Waals surface area contributed by atoms with Crippen LogP contribution in [0.5, 0.6) is 11.5 Å². The standard InChI is InChI=1S/C18H27ClN2O3/c1-11(2)10-24-17-15(19)8-14(9-16(17)23-5)18(22)21-7-6-20-12(3)13(21)4/h8-9,11-13,20H,6-7,10H2,1-5H3. The van der Waals surface area contributed by atoms with E-state index in [1.165, 1.54) is 0 Å². The number of piperazine rings is 1. The van der Waals surface area contributed by atoms with Gasteiger partial charge in [-0.2, -0.15) is 0 Å². The Morgan fingerprint density at radius 2 is 2.12 bits per heavy atom. The minimum Gasteiger partial charge on any atom is -0.493 e. The number of halogens is 1. The van der Waals surface area contributed by atoms with Crippen molar-refractivity contribution in [3.05, 3.63) is 22.7 Å². The quantitative estimate of drug-likeness (QED) is 0.882. The van der Waals surface area contributed by atoms with Crippen molar-refractivity contribution in [1.82, 2.24) is 10.2 Å². The topological polar surface area (TPSA) is 50.8 Å². The van der Waals surface area contributed by atoms with Gasteiger partial charge in [-0.05, 0) is 31.9 Å². The third-order valence-corrected chi connectivity index (χ3v) is 4.61. The van der Waals surface area contributed by atoms with Crippen LogP contribution in [0.25, 0.3) is 0 Å². The molecule has 2 atom stereocenters. The summed E-state index contributed by atoms with van der Waals surface area (Å²) in [5, 5.41) is 3.77. The summed E-state index contributed by atoms with van der Waals surface area (Å²) in [7, 11) is 1.55. The maximum atomic E-state index is 12.9. The van der Waals surface area contributed by atoms with Crippen molar-refractivity contribution >= 4 is 17.5 Å². The molecule has 1 saturated heterocycles. The molecule has 6 heteroatoms. The highest BCUT2D eigenvalue weighted by Gasteiger charge is 2.29. The van der Waals surface area contributed by atoms with E-state index in [0.717, 1.165) is 6.54 Å². The summed E-state index contributed by atoms with van der Waals surface area (Å²) in [5.41, 5.74) is 0.523. The van der Waals surface area contributed by atoms with Crippen LogP contribution in [0.4, 0.5) is 0 Å². The summed E-state index contributed by atoms with van der Waals surface area (Å²) in [6.07, 6.45) is 0. The maximum Gasteiger partial charge on any atom is 0.254 e. The monoisotopic (exact) mass is 354 g/mol. The molecular weight excluding hydrogens is 328 g/mol. The molecule has 0 bridgehead atoms. The fourth-order valence-corrected chi connectivity index (χ4v) is 3.01. The Labute approximate surface area is 149 Å². The van der Waals surface area contributed by atoms with Crippen molar-refractivity contribution in [3.63, 3.8) is 0 Å². The number of nitrogens with one attached hydrogen (secondary N) is 1. The summed E-state index contributed by atoms with van der Waals surface area (Å²) in [4.78, 5) is 14.8. The van der Waals surface area contributed by atoms with E-state index in [0.29, 0.717) is 41.2 Å². The molecule has 1 fully saturated rings. The van der Waals surface area contributed by atoms with Gasteiger partial charge in [0.2, 0.25) is 0 Å². The first-order valence-corrected chi connectivity index (χ1v) is 8.77. The Hall–Kier alpha value is -1.46. The lowest BCUT2D eigenvalue weighted by molar-refractivity contribution is 0.0602. The van der Waals surface area contributed by atoms with E-state index in [1.54, 1.807) is 19.2 Å². The van der Waals surface area contributed by atoms with Crippen molar-refractivity contribution in [2.75, 3.05) is 26.8 Å². The van der Waals surface area contributed by atoms with Crippen LogP contribution in [0.1, 0.15) is 38.1 Å². The molecule has 1 aromatic carbocycles. The second-order valence-electron chi connectivity index (χ2n) is 6.68. The van der Waals surface area contributed by atoms with Crippen molar-refractivity contribution in [3.8, 4) is 11.5 Å². The van der Waals surface area contributed by atoms with Crippen LogP contribution >= 0.6 is 11.6 Å². The number of methoxy groups -OCH3 is 1. The SMILES string of the molecule is COc1cc(C(=O)N2CCNC(C)C2C)cc(Cl)c1OCC(C)C. The fraction of sp³-hybridized carbons (Fsp3) is 0.611. The molecule has 0 aliphatic carbocycles. The van der Waals surface area contributed by atoms with Crippen molar-refractivity contribution in [1.29, 1.82) is 0 Å². The number of carbonyl (C=O) groups is 1. The summed E-state index contributed by atoms with van der Waals surface area (Å²) in [6, 6.07) is 3.76. The average molecular weight is 355 g/mol. The predicted octanol–water partition coefficient (Wildman–Crippen LogP) is 3.21. The van der Waals surface area contributed by atoms with E-state index in [2.05, 4.69) is 26.1 Å². The fourth-order valence-electron chi connectivity index (χ4n) is 2.74. The maximum absolute atomic E-state index is 12.9. The van der Waals surface area contributed by atoms with Gasteiger partial charge in [0.15, 0.2) is 11.5 Å². The molecule has 1 aromatic rings. The minimum absolute atomic E-state index is 0.0357. The van der Waals surface area contributed by atoms with Gasteiger partial charge < -0.3 is 19.7 Å². The van der Waals surface area contributed by atoms with Gasteiger partial charge in [0.1, 0.15) is 0 Å². The second-order valence-corrected chi connectivity index (χ2v) is 7.08. The van der Waals surface area contributed by atoms with Gasteiger partial charge in [-0.3, -0.25) is 4.79 Å². The predicted molar refractivity (Wildman–Crippen MR) is 96.3 cm³/mol. The van der Waals surface area contributed by atoms with Gasteiger partial charge in [0.05, 0.1) is 18.7 Å². The lowest BCUT2D eigenvalue weighted by Gasteiger charge is -2.38. The second kappa shape index (κ2) is 8.08. The van der Waals surface area contributed by atoms with Crippen molar-refractivity contribution in [2.45, 2.75) is 39.8 Å². The Bertz CT molecular complexity index is 592. The highest BCUT2D eigenvalue weighted by molar-refractivity contribution is 6.32. The van der Waals surface area contributed by atoms with Crippen LogP contribution in [-0.4, -0.2) is 49.7 Å². The molecular formula is C18H27ClN2O3. The third kappa shape index (κ3) is 4.14. The Morgan fingerprint density at radius 1 is 1.42 bits per heavy atom. The van der Waals surface area contributed by atoms with Gasteiger partial charge in [-0.25, -0.2) is 0 Å². The van der Waals surface area contributed by atoms with E-state index in [9.17, 15) is 4.79 Å². The van der Waals surface area contributed by atoms with E-state index in [1.807, 2.05) is 11.8 Å². The van der Waals surface area contributed by atoms with Gasteiger partial charge in [-0.1, -0.05) is 25.4 Å². The van der Waals surface area contributed by atoms with Gasteiger partial charge in [0.25, 0.3) is 5.91 Å². The highest BCUT2D eigenvalue weighted by atomic mass is 35.5. The van der Waals surface area contributed by atoms with E-state index >= 15 is 0 Å². The summed E-state index contributed by atoms with van der Waals surface area (Å²) in [6.45, 7) is 10.3. The molecule has 0 aromatic heterocycles. The van der Waals surface area contributed by atoms with Crippen LogP contribution in [0.15, 0.2) is 12.1 Å². The molecule has 2 unspecified atom stereocenters. The zero-order chi connectivity index (χ0) is 17.9. The number of benzene rings is 1. The molecule has 0 spiro atoms. The number of hydrogen-bond donors (Lipinski definition) is 1. The minimum atomic E-state index is -0.0357. The van der Waals surface area contributed by atoms with E-state index in [4.69, 9.17) is 21.1 Å². The van der Waals surface area contributed by atoms with Crippen LogP contribution < -0.4 is 14.8 Å². The van der Waals surface area contributed by atoms with Gasteiger partial charge >= 0.3 is 0 Å². The zero-order valence-electron chi connectivity index (χ0n) is 15.1. The van der Waals surface area contributed by atoms with Crippen LogP contribution in [0, 0.1) is 5.92 Å². The Balaban J connectivity index is 2.27. The molecule has 2 rings (SSSR count). The van der Waals surface area contributed by atoms with Gasteiger partial charge in [-0.15, -0.1) is 0 Å². The number of amides is 1. The van der Waals surface area contributed by atoms with Crippen LogP contribution in [0.2, 0.25) is 5.02 Å². The summed E-state index contributed by atoms with van der Waals surface area (Å²) < 4.78 is 11.1.